The van der Waals surface area contributed by atoms with Gasteiger partial charge in [-0.25, -0.2) is 0 Å². The minimum Gasteiger partial charge on any atom is -0.484 e. The zero-order chi connectivity index (χ0) is 15.9. The Balaban J connectivity index is 1.93. The van der Waals surface area contributed by atoms with Gasteiger partial charge < -0.3 is 9.64 Å². The Morgan fingerprint density at radius 1 is 1.36 bits per heavy atom. The van der Waals surface area contributed by atoms with Gasteiger partial charge in [-0.15, -0.1) is 11.3 Å². The van der Waals surface area contributed by atoms with E-state index in [-0.39, 0.29) is 18.2 Å². The van der Waals surface area contributed by atoms with E-state index in [2.05, 4.69) is 0 Å². The molecule has 1 heterocycles. The Morgan fingerprint density at radius 3 is 2.82 bits per heavy atom. The highest BCUT2D eigenvalue weighted by Gasteiger charge is 2.14. The van der Waals surface area contributed by atoms with Crippen LogP contribution in [0.2, 0.25) is 0 Å². The molecule has 1 aromatic heterocycles. The summed E-state index contributed by atoms with van der Waals surface area (Å²) in [6.07, 6.45) is 0. The Bertz CT molecular complexity index is 643. The zero-order valence-corrected chi connectivity index (χ0v) is 12.9. The van der Waals surface area contributed by atoms with Crippen LogP contribution in [0.1, 0.15) is 11.8 Å². The lowest BCUT2D eigenvalue weighted by molar-refractivity contribution is -0.384. The third-order valence-corrected chi connectivity index (χ3v) is 3.91. The van der Waals surface area contributed by atoms with Crippen LogP contribution in [-0.2, 0) is 11.3 Å². The van der Waals surface area contributed by atoms with Crippen molar-refractivity contribution in [1.82, 2.24) is 4.90 Å². The number of amides is 1. The van der Waals surface area contributed by atoms with Gasteiger partial charge >= 0.3 is 0 Å². The molecule has 0 aliphatic carbocycles. The molecular weight excluding hydrogens is 304 g/mol. The molecule has 0 aliphatic heterocycles. The van der Waals surface area contributed by atoms with Gasteiger partial charge in [0.25, 0.3) is 11.6 Å². The number of thiophene rings is 1. The highest BCUT2D eigenvalue weighted by Crippen LogP contribution is 2.19. The lowest BCUT2D eigenvalue weighted by Gasteiger charge is -2.20. The van der Waals surface area contributed by atoms with Crippen molar-refractivity contribution >= 4 is 22.9 Å². The normalized spacial score (nSPS) is 10.2. The van der Waals surface area contributed by atoms with Crippen LogP contribution < -0.4 is 4.74 Å². The van der Waals surface area contributed by atoms with E-state index in [1.54, 1.807) is 22.3 Å². The quantitative estimate of drug-likeness (QED) is 0.580. The highest BCUT2D eigenvalue weighted by atomic mass is 32.1. The molecule has 0 N–H and O–H groups in total. The number of carbonyl (C=O) groups excluding carboxylic acids is 1. The van der Waals surface area contributed by atoms with E-state index in [1.165, 1.54) is 18.2 Å². The van der Waals surface area contributed by atoms with Crippen LogP contribution >= 0.6 is 11.3 Å². The van der Waals surface area contributed by atoms with Gasteiger partial charge in [0, 0.05) is 17.5 Å². The second-order valence-electron chi connectivity index (χ2n) is 4.53. The lowest BCUT2D eigenvalue weighted by atomic mass is 10.3. The third-order valence-electron chi connectivity index (χ3n) is 3.05. The fourth-order valence-corrected chi connectivity index (χ4v) is 2.61. The fraction of sp³-hybridized carbons (Fsp3) is 0.267. The third kappa shape index (κ3) is 4.29. The minimum atomic E-state index is -0.496. The molecule has 2 aromatic rings. The predicted molar refractivity (Wildman–Crippen MR) is 84.0 cm³/mol. The van der Waals surface area contributed by atoms with Gasteiger partial charge in [-0.3, -0.25) is 14.9 Å². The van der Waals surface area contributed by atoms with Gasteiger partial charge in [0.1, 0.15) is 5.75 Å². The average molecular weight is 320 g/mol. The van der Waals surface area contributed by atoms with E-state index >= 15 is 0 Å². The van der Waals surface area contributed by atoms with Gasteiger partial charge in [0.05, 0.1) is 17.5 Å². The molecule has 22 heavy (non-hydrogen) atoms. The first kappa shape index (κ1) is 16.0. The molecule has 2 rings (SSSR count). The molecule has 0 spiro atoms. The fourth-order valence-electron chi connectivity index (χ4n) is 1.89. The number of carbonyl (C=O) groups is 1. The number of non-ortho nitro benzene ring substituents is 1. The highest BCUT2D eigenvalue weighted by molar-refractivity contribution is 7.09. The molecule has 0 unspecified atom stereocenters. The van der Waals surface area contributed by atoms with Gasteiger partial charge in [-0.2, -0.15) is 0 Å². The van der Waals surface area contributed by atoms with Crippen LogP contribution in [0.25, 0.3) is 0 Å². The molecule has 0 bridgehead atoms. The molecule has 6 nitrogen and oxygen atoms in total. The average Bonchev–Trinajstić information content (AvgIpc) is 3.03. The summed E-state index contributed by atoms with van der Waals surface area (Å²) in [6, 6.07) is 9.73. The number of nitro groups is 1. The van der Waals surface area contributed by atoms with Crippen LogP contribution in [0.15, 0.2) is 41.8 Å². The van der Waals surface area contributed by atoms with Crippen LogP contribution in [0, 0.1) is 10.1 Å². The standard InChI is InChI=1S/C15H16N2O4S/c1-2-16(10-14-7-4-8-22-14)15(18)11-21-13-6-3-5-12(9-13)17(19)20/h3-9H,2,10-11H2,1H3. The Kier molecular flexibility index (Phi) is 5.48. The van der Waals surface area contributed by atoms with Crippen molar-refractivity contribution in [2.24, 2.45) is 0 Å². The maximum atomic E-state index is 12.2. The molecule has 116 valence electrons. The van der Waals surface area contributed by atoms with E-state index in [0.717, 1.165) is 4.88 Å². The largest absolute Gasteiger partial charge is 0.484 e. The smallest absolute Gasteiger partial charge is 0.273 e. The number of hydrogen-bond donors (Lipinski definition) is 0. The molecule has 0 saturated carbocycles. The van der Waals surface area contributed by atoms with Crippen molar-refractivity contribution < 1.29 is 14.5 Å². The number of ether oxygens (including phenoxy) is 1. The summed E-state index contributed by atoms with van der Waals surface area (Å²) in [6.45, 7) is 2.89. The number of benzene rings is 1. The van der Waals surface area contributed by atoms with Crippen molar-refractivity contribution in [1.29, 1.82) is 0 Å². The maximum Gasteiger partial charge on any atom is 0.273 e. The second kappa shape index (κ2) is 7.56. The molecule has 7 heteroatoms. The van der Waals surface area contributed by atoms with E-state index in [1.807, 2.05) is 24.4 Å². The van der Waals surface area contributed by atoms with Crippen LogP contribution in [-0.4, -0.2) is 28.9 Å². The predicted octanol–water partition coefficient (Wildman–Crippen LogP) is 3.08. The molecule has 0 saturated heterocycles. The summed E-state index contributed by atoms with van der Waals surface area (Å²) in [5, 5.41) is 12.7. The molecule has 1 amide bonds. The SMILES string of the molecule is CCN(Cc1cccs1)C(=O)COc1cccc([N+](=O)[O-])c1. The summed E-state index contributed by atoms with van der Waals surface area (Å²) in [4.78, 5) is 25.2. The number of likely N-dealkylation sites (N-methyl/N-ethyl adjacent to an activating group) is 1. The first-order chi connectivity index (χ1) is 10.6. The van der Waals surface area contributed by atoms with Crippen LogP contribution in [0.3, 0.4) is 0 Å². The second-order valence-corrected chi connectivity index (χ2v) is 5.56. The summed E-state index contributed by atoms with van der Waals surface area (Å²) >= 11 is 1.59. The molecule has 1 aromatic carbocycles. The van der Waals surface area contributed by atoms with Crippen molar-refractivity contribution in [3.05, 3.63) is 56.8 Å². The van der Waals surface area contributed by atoms with Crippen molar-refractivity contribution in [2.45, 2.75) is 13.5 Å². The van der Waals surface area contributed by atoms with E-state index < -0.39 is 4.92 Å². The Morgan fingerprint density at radius 2 is 2.18 bits per heavy atom. The molecule has 0 radical (unpaired) electrons. The number of hydrogen-bond acceptors (Lipinski definition) is 5. The monoisotopic (exact) mass is 320 g/mol. The minimum absolute atomic E-state index is 0.0594. The maximum absolute atomic E-state index is 12.2. The van der Waals surface area contributed by atoms with Crippen molar-refractivity contribution in [3.8, 4) is 5.75 Å². The zero-order valence-electron chi connectivity index (χ0n) is 12.1. The van der Waals surface area contributed by atoms with E-state index in [4.69, 9.17) is 4.74 Å². The summed E-state index contributed by atoms with van der Waals surface area (Å²) in [5.74, 6) is 0.164. The molecule has 0 fully saturated rings. The van der Waals surface area contributed by atoms with Crippen molar-refractivity contribution in [3.63, 3.8) is 0 Å². The Labute approximate surface area is 132 Å². The summed E-state index contributed by atoms with van der Waals surface area (Å²) in [5.41, 5.74) is -0.0594. The van der Waals surface area contributed by atoms with Gasteiger partial charge in [-0.05, 0) is 24.4 Å². The van der Waals surface area contributed by atoms with Crippen molar-refractivity contribution in [2.75, 3.05) is 13.2 Å². The van der Waals surface area contributed by atoms with E-state index in [9.17, 15) is 14.9 Å². The topological polar surface area (TPSA) is 72.7 Å². The van der Waals surface area contributed by atoms with Crippen LogP contribution in [0.4, 0.5) is 5.69 Å². The van der Waals surface area contributed by atoms with Gasteiger partial charge in [-0.1, -0.05) is 12.1 Å². The lowest BCUT2D eigenvalue weighted by Crippen LogP contribution is -2.34. The number of rotatable bonds is 7. The molecular formula is C15H16N2O4S. The van der Waals surface area contributed by atoms with Gasteiger partial charge in [0.15, 0.2) is 6.61 Å². The van der Waals surface area contributed by atoms with Crippen LogP contribution in [0.5, 0.6) is 5.75 Å². The first-order valence-corrected chi connectivity index (χ1v) is 7.65. The summed E-state index contributed by atoms with van der Waals surface area (Å²) < 4.78 is 5.37. The number of nitro benzene ring substituents is 1. The Hall–Kier alpha value is -2.41. The van der Waals surface area contributed by atoms with E-state index in [0.29, 0.717) is 18.8 Å². The summed E-state index contributed by atoms with van der Waals surface area (Å²) in [7, 11) is 0. The first-order valence-electron chi connectivity index (χ1n) is 6.77. The number of nitrogens with zero attached hydrogens (tertiary/aromatic N) is 2. The molecule has 0 aliphatic rings. The molecule has 0 atom stereocenters. The van der Waals surface area contributed by atoms with Gasteiger partial charge in [0.2, 0.25) is 0 Å².